The SMILES string of the molecule is CC(Nc1cc(C#N)ccn1)c1ccccc1Cl. The van der Waals surface area contributed by atoms with Gasteiger partial charge in [0.25, 0.3) is 0 Å². The van der Waals surface area contributed by atoms with Crippen LogP contribution in [-0.4, -0.2) is 4.98 Å². The first-order chi connectivity index (χ1) is 8.70. The van der Waals surface area contributed by atoms with Gasteiger partial charge in [-0.2, -0.15) is 5.26 Å². The molecule has 1 N–H and O–H groups in total. The van der Waals surface area contributed by atoms with Crippen molar-refractivity contribution < 1.29 is 0 Å². The molecule has 1 heterocycles. The smallest absolute Gasteiger partial charge is 0.127 e. The average Bonchev–Trinajstić information content (AvgIpc) is 2.39. The number of nitriles is 1. The summed E-state index contributed by atoms with van der Waals surface area (Å²) < 4.78 is 0. The second-order valence-corrected chi connectivity index (χ2v) is 4.34. The van der Waals surface area contributed by atoms with Crippen LogP contribution in [0.5, 0.6) is 0 Å². The monoisotopic (exact) mass is 257 g/mol. The van der Waals surface area contributed by atoms with Gasteiger partial charge in [0.05, 0.1) is 17.7 Å². The first kappa shape index (κ1) is 12.4. The van der Waals surface area contributed by atoms with E-state index in [2.05, 4.69) is 16.4 Å². The van der Waals surface area contributed by atoms with Crippen molar-refractivity contribution in [1.82, 2.24) is 4.98 Å². The van der Waals surface area contributed by atoms with Crippen molar-refractivity contribution in [3.05, 3.63) is 58.7 Å². The van der Waals surface area contributed by atoms with Crippen molar-refractivity contribution in [2.24, 2.45) is 0 Å². The molecule has 0 aliphatic heterocycles. The van der Waals surface area contributed by atoms with Crippen LogP contribution >= 0.6 is 11.6 Å². The molecule has 0 fully saturated rings. The summed E-state index contributed by atoms with van der Waals surface area (Å²) in [5, 5.41) is 12.8. The van der Waals surface area contributed by atoms with Crippen molar-refractivity contribution in [1.29, 1.82) is 5.26 Å². The predicted molar refractivity (Wildman–Crippen MR) is 72.4 cm³/mol. The van der Waals surface area contributed by atoms with Crippen LogP contribution < -0.4 is 5.32 Å². The zero-order valence-corrected chi connectivity index (χ0v) is 10.6. The highest BCUT2D eigenvalue weighted by molar-refractivity contribution is 6.31. The van der Waals surface area contributed by atoms with E-state index in [1.807, 2.05) is 31.2 Å². The quantitative estimate of drug-likeness (QED) is 0.910. The first-order valence-corrected chi connectivity index (χ1v) is 5.95. The third kappa shape index (κ3) is 2.79. The molecule has 18 heavy (non-hydrogen) atoms. The lowest BCUT2D eigenvalue weighted by Crippen LogP contribution is -2.08. The lowest BCUT2D eigenvalue weighted by molar-refractivity contribution is 0.875. The number of hydrogen-bond acceptors (Lipinski definition) is 3. The summed E-state index contributed by atoms with van der Waals surface area (Å²) in [6.07, 6.45) is 1.61. The second-order valence-electron chi connectivity index (χ2n) is 3.93. The Morgan fingerprint density at radius 3 is 2.83 bits per heavy atom. The number of hydrogen-bond donors (Lipinski definition) is 1. The van der Waals surface area contributed by atoms with Crippen LogP contribution in [0.25, 0.3) is 0 Å². The van der Waals surface area contributed by atoms with Gasteiger partial charge in [0.1, 0.15) is 5.82 Å². The molecule has 0 aliphatic rings. The molecular weight excluding hydrogens is 246 g/mol. The highest BCUT2D eigenvalue weighted by atomic mass is 35.5. The molecule has 0 bridgehead atoms. The molecule has 4 heteroatoms. The standard InChI is InChI=1S/C14H12ClN3/c1-10(12-4-2-3-5-13(12)15)18-14-8-11(9-16)6-7-17-14/h2-8,10H,1H3,(H,17,18). The van der Waals surface area contributed by atoms with E-state index >= 15 is 0 Å². The number of pyridine rings is 1. The molecule has 0 radical (unpaired) electrons. The van der Waals surface area contributed by atoms with Crippen molar-refractivity contribution in [2.45, 2.75) is 13.0 Å². The van der Waals surface area contributed by atoms with Crippen LogP contribution in [0.2, 0.25) is 5.02 Å². The molecule has 0 saturated heterocycles. The van der Waals surface area contributed by atoms with Crippen LogP contribution in [0, 0.1) is 11.3 Å². The van der Waals surface area contributed by atoms with Crippen LogP contribution in [-0.2, 0) is 0 Å². The van der Waals surface area contributed by atoms with E-state index in [0.717, 1.165) is 5.56 Å². The van der Waals surface area contributed by atoms with Crippen molar-refractivity contribution in [3.8, 4) is 6.07 Å². The fraction of sp³-hybridized carbons (Fsp3) is 0.143. The molecule has 90 valence electrons. The summed E-state index contributed by atoms with van der Waals surface area (Å²) >= 11 is 6.13. The number of nitrogens with one attached hydrogen (secondary N) is 1. The zero-order valence-electron chi connectivity index (χ0n) is 9.89. The van der Waals surface area contributed by atoms with Gasteiger partial charge in [-0.1, -0.05) is 29.8 Å². The molecule has 1 aromatic carbocycles. The van der Waals surface area contributed by atoms with E-state index in [-0.39, 0.29) is 6.04 Å². The predicted octanol–water partition coefficient (Wildman–Crippen LogP) is 3.78. The van der Waals surface area contributed by atoms with Gasteiger partial charge in [0, 0.05) is 11.2 Å². The zero-order chi connectivity index (χ0) is 13.0. The summed E-state index contributed by atoms with van der Waals surface area (Å²) in [7, 11) is 0. The maximum atomic E-state index is 8.83. The Morgan fingerprint density at radius 2 is 2.11 bits per heavy atom. The van der Waals surface area contributed by atoms with E-state index in [4.69, 9.17) is 16.9 Å². The number of rotatable bonds is 3. The largest absolute Gasteiger partial charge is 0.363 e. The normalized spacial score (nSPS) is 11.6. The minimum absolute atomic E-state index is 0.0279. The Labute approximate surface area is 111 Å². The maximum absolute atomic E-state index is 8.83. The summed E-state index contributed by atoms with van der Waals surface area (Å²) in [4.78, 5) is 4.18. The van der Waals surface area contributed by atoms with E-state index in [1.54, 1.807) is 18.3 Å². The molecule has 0 aliphatic carbocycles. The van der Waals surface area contributed by atoms with E-state index in [0.29, 0.717) is 16.4 Å². The Balaban J connectivity index is 2.19. The third-order valence-electron chi connectivity index (χ3n) is 2.63. The van der Waals surface area contributed by atoms with Crippen LogP contribution in [0.1, 0.15) is 24.1 Å². The van der Waals surface area contributed by atoms with E-state index in [1.165, 1.54) is 0 Å². The Morgan fingerprint density at radius 1 is 1.33 bits per heavy atom. The van der Waals surface area contributed by atoms with E-state index < -0.39 is 0 Å². The van der Waals surface area contributed by atoms with Gasteiger partial charge in [-0.25, -0.2) is 4.98 Å². The Hall–Kier alpha value is -2.05. The molecule has 1 aromatic heterocycles. The van der Waals surface area contributed by atoms with Gasteiger partial charge in [-0.05, 0) is 30.7 Å². The van der Waals surface area contributed by atoms with Crippen LogP contribution in [0.15, 0.2) is 42.6 Å². The van der Waals surface area contributed by atoms with Crippen molar-refractivity contribution >= 4 is 17.4 Å². The molecule has 0 spiro atoms. The molecule has 1 unspecified atom stereocenters. The number of halogens is 1. The van der Waals surface area contributed by atoms with Gasteiger partial charge in [0.15, 0.2) is 0 Å². The van der Waals surface area contributed by atoms with Gasteiger partial charge in [-0.15, -0.1) is 0 Å². The molecular formula is C14H12ClN3. The summed E-state index contributed by atoms with van der Waals surface area (Å²) in [5.74, 6) is 0.668. The summed E-state index contributed by atoms with van der Waals surface area (Å²) in [6.45, 7) is 2.00. The lowest BCUT2D eigenvalue weighted by atomic mass is 10.1. The number of nitrogens with zero attached hydrogens (tertiary/aromatic N) is 2. The molecule has 2 rings (SSSR count). The molecule has 1 atom stereocenters. The minimum atomic E-state index is 0.0279. The highest BCUT2D eigenvalue weighted by Gasteiger charge is 2.09. The summed E-state index contributed by atoms with van der Waals surface area (Å²) in [6, 6.07) is 13.2. The van der Waals surface area contributed by atoms with Crippen LogP contribution in [0.4, 0.5) is 5.82 Å². The van der Waals surface area contributed by atoms with Crippen molar-refractivity contribution in [2.75, 3.05) is 5.32 Å². The Bertz CT molecular complexity index is 590. The number of anilines is 1. The van der Waals surface area contributed by atoms with Crippen molar-refractivity contribution in [3.63, 3.8) is 0 Å². The average molecular weight is 258 g/mol. The third-order valence-corrected chi connectivity index (χ3v) is 2.97. The number of benzene rings is 1. The Kier molecular flexibility index (Phi) is 3.81. The van der Waals surface area contributed by atoms with Gasteiger partial charge < -0.3 is 5.32 Å². The second kappa shape index (κ2) is 5.52. The van der Waals surface area contributed by atoms with E-state index in [9.17, 15) is 0 Å². The fourth-order valence-electron chi connectivity index (χ4n) is 1.70. The summed E-state index contributed by atoms with van der Waals surface area (Å²) in [5.41, 5.74) is 1.59. The molecule has 3 nitrogen and oxygen atoms in total. The van der Waals surface area contributed by atoms with Crippen LogP contribution in [0.3, 0.4) is 0 Å². The first-order valence-electron chi connectivity index (χ1n) is 5.58. The van der Waals surface area contributed by atoms with Gasteiger partial charge in [0.2, 0.25) is 0 Å². The fourth-order valence-corrected chi connectivity index (χ4v) is 2.00. The van der Waals surface area contributed by atoms with Gasteiger partial charge >= 0.3 is 0 Å². The molecule has 0 amide bonds. The minimum Gasteiger partial charge on any atom is -0.363 e. The number of aromatic nitrogens is 1. The molecule has 2 aromatic rings. The van der Waals surface area contributed by atoms with Gasteiger partial charge in [-0.3, -0.25) is 0 Å². The highest BCUT2D eigenvalue weighted by Crippen LogP contribution is 2.24. The topological polar surface area (TPSA) is 48.7 Å². The lowest BCUT2D eigenvalue weighted by Gasteiger charge is -2.16. The molecule has 0 saturated carbocycles. The maximum Gasteiger partial charge on any atom is 0.127 e.